The first-order valence-electron chi connectivity index (χ1n) is 7.57. The van der Waals surface area contributed by atoms with Gasteiger partial charge in [0.25, 0.3) is 5.91 Å². The Hall–Kier alpha value is -2.22. The van der Waals surface area contributed by atoms with E-state index in [4.69, 9.17) is 10.5 Å². The molecule has 8 heteroatoms. The van der Waals surface area contributed by atoms with E-state index in [1.54, 1.807) is 18.2 Å². The van der Waals surface area contributed by atoms with Gasteiger partial charge in [0, 0.05) is 19.3 Å². The molecule has 0 aromatic heterocycles. The van der Waals surface area contributed by atoms with Crippen LogP contribution in [0.3, 0.4) is 0 Å². The van der Waals surface area contributed by atoms with E-state index >= 15 is 0 Å². The van der Waals surface area contributed by atoms with Gasteiger partial charge in [0.05, 0.1) is 27.2 Å². The largest absolute Gasteiger partial charge is 0.452 e. The van der Waals surface area contributed by atoms with Crippen LogP contribution in [0.15, 0.2) is 29.2 Å². The van der Waals surface area contributed by atoms with Gasteiger partial charge in [-0.3, -0.25) is 13.8 Å². The van der Waals surface area contributed by atoms with Gasteiger partial charge < -0.3 is 15.4 Å². The highest BCUT2D eigenvalue weighted by Gasteiger charge is 2.27. The van der Waals surface area contributed by atoms with Gasteiger partial charge in [-0.05, 0) is 25.0 Å². The van der Waals surface area contributed by atoms with E-state index in [0.717, 1.165) is 0 Å². The molecule has 2 amide bonds. The molecule has 1 fully saturated rings. The van der Waals surface area contributed by atoms with Crippen molar-refractivity contribution in [1.82, 2.24) is 4.90 Å². The van der Waals surface area contributed by atoms with Crippen LogP contribution in [0.4, 0.5) is 0 Å². The second-order valence-electron chi connectivity index (χ2n) is 5.61. The van der Waals surface area contributed by atoms with Gasteiger partial charge in [0.1, 0.15) is 0 Å². The molecule has 0 aliphatic carbocycles. The second-order valence-corrected chi connectivity index (χ2v) is 6.96. The number of primary amides is 1. The number of likely N-dealkylation sites (tertiary alicyclic amines) is 1. The molecule has 0 spiro atoms. The van der Waals surface area contributed by atoms with Gasteiger partial charge in [0.2, 0.25) is 5.91 Å². The summed E-state index contributed by atoms with van der Waals surface area (Å²) in [5.41, 5.74) is 5.46. The van der Waals surface area contributed by atoms with E-state index in [2.05, 4.69) is 0 Å². The number of rotatable bonds is 5. The standard InChI is InChI=1S/C16H20N2O5S/c1-24(22)13-7-3-2-6-12(13)16(21)23-10-14(19)18-8-4-5-11(9-18)15(17)20/h2-3,6-7,11H,4-5,8-10H2,1H3,(H2,17,20)/t11-,24-/m0/s1. The van der Waals surface area contributed by atoms with Crippen molar-refractivity contribution < 1.29 is 23.3 Å². The summed E-state index contributed by atoms with van der Waals surface area (Å²) in [6, 6.07) is 6.40. The van der Waals surface area contributed by atoms with Crippen LogP contribution < -0.4 is 5.73 Å². The summed E-state index contributed by atoms with van der Waals surface area (Å²) in [4.78, 5) is 37.4. The van der Waals surface area contributed by atoms with Crippen LogP contribution in [-0.4, -0.2) is 52.8 Å². The van der Waals surface area contributed by atoms with Crippen molar-refractivity contribution in [3.05, 3.63) is 29.8 Å². The Morgan fingerprint density at radius 2 is 2.04 bits per heavy atom. The average Bonchev–Trinajstić information content (AvgIpc) is 2.59. The Balaban J connectivity index is 1.95. The summed E-state index contributed by atoms with van der Waals surface area (Å²) >= 11 is 0. The highest BCUT2D eigenvalue weighted by Crippen LogP contribution is 2.17. The molecular weight excluding hydrogens is 332 g/mol. The Kier molecular flexibility index (Phi) is 6.08. The highest BCUT2D eigenvalue weighted by atomic mass is 32.2. The SMILES string of the molecule is C[S@](=O)c1ccccc1C(=O)OCC(=O)N1CCC[C@H](C(N)=O)C1. The molecular formula is C16H20N2O5S. The minimum atomic E-state index is -1.34. The van der Waals surface area contributed by atoms with E-state index in [1.165, 1.54) is 17.2 Å². The molecule has 2 atom stereocenters. The van der Waals surface area contributed by atoms with Crippen LogP contribution in [0.2, 0.25) is 0 Å². The summed E-state index contributed by atoms with van der Waals surface area (Å²) < 4.78 is 16.7. The maximum Gasteiger partial charge on any atom is 0.339 e. The Morgan fingerprint density at radius 3 is 2.71 bits per heavy atom. The van der Waals surface area contributed by atoms with Crippen molar-refractivity contribution in [2.24, 2.45) is 11.7 Å². The van der Waals surface area contributed by atoms with E-state index in [1.807, 2.05) is 0 Å². The third-order valence-electron chi connectivity index (χ3n) is 3.92. The van der Waals surface area contributed by atoms with Crippen molar-refractivity contribution >= 4 is 28.6 Å². The second kappa shape index (κ2) is 8.05. The molecule has 1 aromatic carbocycles. The number of piperidine rings is 1. The minimum Gasteiger partial charge on any atom is -0.452 e. The van der Waals surface area contributed by atoms with Gasteiger partial charge in [-0.15, -0.1) is 0 Å². The monoisotopic (exact) mass is 352 g/mol. The first kappa shape index (κ1) is 18.1. The predicted octanol–water partition coefficient (Wildman–Crippen LogP) is 0.305. The molecule has 1 saturated heterocycles. The Bertz CT molecular complexity index is 676. The maximum absolute atomic E-state index is 12.2. The van der Waals surface area contributed by atoms with Crippen molar-refractivity contribution in [3.8, 4) is 0 Å². The summed E-state index contributed by atoms with van der Waals surface area (Å²) in [6.45, 7) is 0.339. The number of nitrogens with two attached hydrogens (primary N) is 1. The third kappa shape index (κ3) is 4.41. The molecule has 1 aliphatic heterocycles. The van der Waals surface area contributed by atoms with E-state index < -0.39 is 29.3 Å². The lowest BCUT2D eigenvalue weighted by Crippen LogP contribution is -2.45. The van der Waals surface area contributed by atoms with Crippen molar-refractivity contribution in [1.29, 1.82) is 0 Å². The van der Waals surface area contributed by atoms with Crippen LogP contribution in [0.25, 0.3) is 0 Å². The van der Waals surface area contributed by atoms with Gasteiger partial charge >= 0.3 is 5.97 Å². The van der Waals surface area contributed by atoms with E-state index in [0.29, 0.717) is 24.3 Å². The predicted molar refractivity (Wildman–Crippen MR) is 87.6 cm³/mol. The molecule has 0 radical (unpaired) electrons. The van der Waals surface area contributed by atoms with Crippen LogP contribution in [0.1, 0.15) is 23.2 Å². The zero-order valence-electron chi connectivity index (χ0n) is 13.4. The van der Waals surface area contributed by atoms with E-state index in [9.17, 15) is 18.6 Å². The molecule has 7 nitrogen and oxygen atoms in total. The molecule has 2 rings (SSSR count). The number of amides is 2. The summed E-state index contributed by atoms with van der Waals surface area (Å²) in [5, 5.41) is 0. The summed E-state index contributed by atoms with van der Waals surface area (Å²) in [6.07, 6.45) is 2.81. The van der Waals surface area contributed by atoms with Crippen LogP contribution in [-0.2, 0) is 25.1 Å². The lowest BCUT2D eigenvalue weighted by atomic mass is 9.97. The number of hydrogen-bond acceptors (Lipinski definition) is 5. The summed E-state index contributed by atoms with van der Waals surface area (Å²) in [5.74, 6) is -1.85. The van der Waals surface area contributed by atoms with Crippen molar-refractivity contribution in [2.45, 2.75) is 17.7 Å². The van der Waals surface area contributed by atoms with Crippen LogP contribution in [0, 0.1) is 5.92 Å². The zero-order chi connectivity index (χ0) is 17.7. The molecule has 130 valence electrons. The Labute approximate surface area is 142 Å². The number of ether oxygens (including phenoxy) is 1. The molecule has 2 N–H and O–H groups in total. The highest BCUT2D eigenvalue weighted by molar-refractivity contribution is 7.84. The molecule has 24 heavy (non-hydrogen) atoms. The first-order chi connectivity index (χ1) is 11.4. The first-order valence-corrected chi connectivity index (χ1v) is 9.12. The minimum absolute atomic E-state index is 0.180. The van der Waals surface area contributed by atoms with Crippen molar-refractivity contribution in [2.75, 3.05) is 26.0 Å². The number of carbonyl (C=O) groups excluding carboxylic acids is 3. The molecule has 1 aliphatic rings. The fraction of sp³-hybridized carbons (Fsp3) is 0.438. The van der Waals surface area contributed by atoms with Gasteiger partial charge in [-0.2, -0.15) is 0 Å². The Morgan fingerprint density at radius 1 is 1.33 bits per heavy atom. The number of carbonyl (C=O) groups is 3. The van der Waals surface area contributed by atoms with Crippen LogP contribution >= 0.6 is 0 Å². The number of nitrogens with zero attached hydrogens (tertiary/aromatic N) is 1. The normalized spacial score (nSPS) is 18.7. The van der Waals surface area contributed by atoms with Gasteiger partial charge in [0.15, 0.2) is 6.61 Å². The lowest BCUT2D eigenvalue weighted by Gasteiger charge is -2.31. The molecule has 0 unspecified atom stereocenters. The van der Waals surface area contributed by atoms with E-state index in [-0.39, 0.29) is 23.9 Å². The molecule has 0 bridgehead atoms. The molecule has 1 heterocycles. The molecule has 0 saturated carbocycles. The molecule has 1 aromatic rings. The van der Waals surface area contributed by atoms with Gasteiger partial charge in [-0.25, -0.2) is 4.79 Å². The fourth-order valence-corrected chi connectivity index (χ4v) is 3.35. The van der Waals surface area contributed by atoms with Crippen molar-refractivity contribution in [3.63, 3.8) is 0 Å². The zero-order valence-corrected chi connectivity index (χ0v) is 14.2. The smallest absolute Gasteiger partial charge is 0.339 e. The van der Waals surface area contributed by atoms with Crippen LogP contribution in [0.5, 0.6) is 0 Å². The van der Waals surface area contributed by atoms with Gasteiger partial charge in [-0.1, -0.05) is 12.1 Å². The lowest BCUT2D eigenvalue weighted by molar-refractivity contribution is -0.137. The fourth-order valence-electron chi connectivity index (χ4n) is 2.62. The average molecular weight is 352 g/mol. The number of hydrogen-bond donors (Lipinski definition) is 1. The summed E-state index contributed by atoms with van der Waals surface area (Å²) in [7, 11) is -1.34. The topological polar surface area (TPSA) is 107 Å². The maximum atomic E-state index is 12.2. The number of esters is 1. The third-order valence-corrected chi connectivity index (χ3v) is 4.90. The number of benzene rings is 1. The quantitative estimate of drug-likeness (QED) is 0.767.